The van der Waals surface area contributed by atoms with Gasteiger partial charge in [0.1, 0.15) is 5.75 Å². The number of hydrogen-bond acceptors (Lipinski definition) is 2. The molecule has 1 aliphatic carbocycles. The van der Waals surface area contributed by atoms with Crippen LogP contribution in [-0.4, -0.2) is 6.61 Å². The lowest BCUT2D eigenvalue weighted by molar-refractivity contribution is 0.0658. The van der Waals surface area contributed by atoms with Gasteiger partial charge in [0.15, 0.2) is 0 Å². The first-order chi connectivity index (χ1) is 9.46. The Balaban J connectivity index is 1.59. The highest BCUT2D eigenvalue weighted by Crippen LogP contribution is 2.45. The summed E-state index contributed by atoms with van der Waals surface area (Å²) in [5.74, 6) is 1.04. The van der Waals surface area contributed by atoms with Crippen LogP contribution in [0.3, 0.4) is 0 Å². The zero-order valence-corrected chi connectivity index (χ0v) is 13.1. The van der Waals surface area contributed by atoms with E-state index in [0.29, 0.717) is 10.8 Å². The molecule has 2 nitrogen and oxygen atoms in total. The molecule has 0 aromatic heterocycles. The normalized spacial score (nSPS) is 23.4. The summed E-state index contributed by atoms with van der Waals surface area (Å²) >= 11 is 0. The molecule has 2 aliphatic rings. The first kappa shape index (κ1) is 13.9. The van der Waals surface area contributed by atoms with Gasteiger partial charge in [0.2, 0.25) is 0 Å². The number of rotatable bonds is 3. The second-order valence-electron chi connectivity index (χ2n) is 7.80. The fourth-order valence-corrected chi connectivity index (χ4v) is 3.29. The Morgan fingerprint density at radius 2 is 1.70 bits per heavy atom. The summed E-state index contributed by atoms with van der Waals surface area (Å²) in [5.41, 5.74) is 3.70. The van der Waals surface area contributed by atoms with Gasteiger partial charge in [-0.05, 0) is 54.4 Å². The summed E-state index contributed by atoms with van der Waals surface area (Å²) in [6.45, 7) is 10.0. The molecule has 0 spiro atoms. The molecule has 0 unspecified atom stereocenters. The number of fused-ring (bicyclic) bond motifs is 1. The minimum atomic E-state index is 0.354. The highest BCUT2D eigenvalue weighted by atomic mass is 16.5. The second-order valence-corrected chi connectivity index (χ2v) is 7.80. The molecule has 1 N–H and O–H groups in total. The Kier molecular flexibility index (Phi) is 3.53. The smallest absolute Gasteiger partial charge is 0.119 e. The topological polar surface area (TPSA) is 21.3 Å². The number of benzene rings is 1. The largest absolute Gasteiger partial charge is 0.493 e. The van der Waals surface area contributed by atoms with Crippen molar-refractivity contribution >= 4 is 0 Å². The van der Waals surface area contributed by atoms with Gasteiger partial charge < -0.3 is 10.1 Å². The van der Waals surface area contributed by atoms with Gasteiger partial charge in [-0.2, -0.15) is 0 Å². The van der Waals surface area contributed by atoms with Gasteiger partial charge in [-0.1, -0.05) is 26.8 Å². The molecule has 1 aliphatic heterocycles. The molecule has 1 heterocycles. The van der Waals surface area contributed by atoms with Crippen molar-refractivity contribution in [2.24, 2.45) is 10.8 Å². The van der Waals surface area contributed by atoms with Gasteiger partial charge in [0.05, 0.1) is 6.61 Å². The lowest BCUT2D eigenvalue weighted by atomic mass is 9.66. The summed E-state index contributed by atoms with van der Waals surface area (Å²) < 4.78 is 6.11. The third-order valence-electron chi connectivity index (χ3n) is 5.21. The fourth-order valence-electron chi connectivity index (χ4n) is 3.29. The van der Waals surface area contributed by atoms with E-state index in [1.165, 1.54) is 36.8 Å². The van der Waals surface area contributed by atoms with E-state index < -0.39 is 0 Å². The molecular weight excluding hydrogens is 246 g/mol. The molecule has 1 fully saturated rings. The minimum absolute atomic E-state index is 0.354. The van der Waals surface area contributed by atoms with Gasteiger partial charge in [-0.3, -0.25) is 0 Å². The van der Waals surface area contributed by atoms with Gasteiger partial charge >= 0.3 is 0 Å². The van der Waals surface area contributed by atoms with Gasteiger partial charge in [-0.15, -0.1) is 0 Å². The van der Waals surface area contributed by atoms with Crippen LogP contribution in [-0.2, 0) is 13.1 Å². The summed E-state index contributed by atoms with van der Waals surface area (Å²) in [5, 5.41) is 3.38. The predicted octanol–water partition coefficient (Wildman–Crippen LogP) is 4.28. The summed E-state index contributed by atoms with van der Waals surface area (Å²) in [6, 6.07) is 6.55. The van der Waals surface area contributed by atoms with Crippen molar-refractivity contribution in [1.29, 1.82) is 0 Å². The molecule has 3 rings (SSSR count). The minimum Gasteiger partial charge on any atom is -0.493 e. The first-order valence-electron chi connectivity index (χ1n) is 7.91. The van der Waals surface area contributed by atoms with Crippen LogP contribution in [0.2, 0.25) is 0 Å². The monoisotopic (exact) mass is 273 g/mol. The average Bonchev–Trinajstić information content (AvgIpc) is 2.88. The van der Waals surface area contributed by atoms with Crippen LogP contribution in [0.1, 0.15) is 57.6 Å². The van der Waals surface area contributed by atoms with Crippen LogP contribution in [0.4, 0.5) is 0 Å². The molecule has 1 aromatic carbocycles. The molecule has 0 bridgehead atoms. The zero-order chi connectivity index (χ0) is 14.2. The van der Waals surface area contributed by atoms with Crippen molar-refractivity contribution in [2.45, 2.75) is 59.5 Å². The van der Waals surface area contributed by atoms with E-state index >= 15 is 0 Å². The maximum atomic E-state index is 6.11. The van der Waals surface area contributed by atoms with Gasteiger partial charge in [-0.25, -0.2) is 0 Å². The highest BCUT2D eigenvalue weighted by molar-refractivity contribution is 5.37. The SMILES string of the molecule is CC1(C)CCC(C)(COc2ccc3c(c2)CNC3)CC1. The molecule has 0 amide bonds. The molecular formula is C18H27NO. The van der Waals surface area contributed by atoms with Gasteiger partial charge in [0, 0.05) is 18.5 Å². The first-order valence-corrected chi connectivity index (χ1v) is 7.91. The second kappa shape index (κ2) is 5.07. The maximum absolute atomic E-state index is 6.11. The quantitative estimate of drug-likeness (QED) is 0.887. The Morgan fingerprint density at radius 3 is 2.45 bits per heavy atom. The molecule has 110 valence electrons. The van der Waals surface area contributed by atoms with Crippen LogP contribution in [0.5, 0.6) is 5.75 Å². The van der Waals surface area contributed by atoms with Crippen molar-refractivity contribution in [1.82, 2.24) is 5.32 Å². The Bertz CT molecular complexity index is 482. The Morgan fingerprint density at radius 1 is 1.00 bits per heavy atom. The molecule has 1 aromatic rings. The van der Waals surface area contributed by atoms with Crippen LogP contribution in [0, 0.1) is 10.8 Å². The van der Waals surface area contributed by atoms with E-state index in [1.807, 2.05) is 0 Å². The standard InChI is InChI=1S/C18H27NO/c1-17(2)6-8-18(3,9-7-17)13-20-16-5-4-14-11-19-12-15(14)10-16/h4-5,10,19H,6-9,11-13H2,1-3H3. The third kappa shape index (κ3) is 3.01. The molecule has 0 radical (unpaired) electrons. The number of ether oxygens (including phenoxy) is 1. The van der Waals surface area contributed by atoms with E-state index in [1.54, 1.807) is 0 Å². The van der Waals surface area contributed by atoms with Crippen molar-refractivity contribution in [3.05, 3.63) is 29.3 Å². The van der Waals surface area contributed by atoms with E-state index in [4.69, 9.17) is 4.74 Å². The Hall–Kier alpha value is -1.02. The summed E-state index contributed by atoms with van der Waals surface area (Å²) in [4.78, 5) is 0. The molecule has 2 heteroatoms. The van der Waals surface area contributed by atoms with E-state index in [2.05, 4.69) is 44.3 Å². The van der Waals surface area contributed by atoms with E-state index in [0.717, 1.165) is 25.4 Å². The Labute approximate surface area is 122 Å². The van der Waals surface area contributed by atoms with Gasteiger partial charge in [0.25, 0.3) is 0 Å². The highest BCUT2D eigenvalue weighted by Gasteiger charge is 2.35. The molecule has 1 saturated carbocycles. The lowest BCUT2D eigenvalue weighted by Crippen LogP contribution is -2.33. The van der Waals surface area contributed by atoms with E-state index in [-0.39, 0.29) is 0 Å². The molecule has 0 atom stereocenters. The molecule has 20 heavy (non-hydrogen) atoms. The predicted molar refractivity (Wildman–Crippen MR) is 82.8 cm³/mol. The maximum Gasteiger partial charge on any atom is 0.119 e. The average molecular weight is 273 g/mol. The van der Waals surface area contributed by atoms with Crippen LogP contribution >= 0.6 is 0 Å². The number of nitrogens with one attached hydrogen (secondary N) is 1. The lowest BCUT2D eigenvalue weighted by Gasteiger charge is -2.41. The zero-order valence-electron chi connectivity index (χ0n) is 13.1. The van der Waals surface area contributed by atoms with Crippen molar-refractivity contribution in [2.75, 3.05) is 6.61 Å². The van der Waals surface area contributed by atoms with Crippen LogP contribution in [0.25, 0.3) is 0 Å². The van der Waals surface area contributed by atoms with Crippen LogP contribution in [0.15, 0.2) is 18.2 Å². The third-order valence-corrected chi connectivity index (χ3v) is 5.21. The van der Waals surface area contributed by atoms with E-state index in [9.17, 15) is 0 Å². The van der Waals surface area contributed by atoms with Crippen molar-refractivity contribution < 1.29 is 4.74 Å². The summed E-state index contributed by atoms with van der Waals surface area (Å²) in [7, 11) is 0. The summed E-state index contributed by atoms with van der Waals surface area (Å²) in [6.07, 6.45) is 5.21. The van der Waals surface area contributed by atoms with Crippen molar-refractivity contribution in [3.63, 3.8) is 0 Å². The molecule has 0 saturated heterocycles. The van der Waals surface area contributed by atoms with Crippen LogP contribution < -0.4 is 10.1 Å². The number of hydrogen-bond donors (Lipinski definition) is 1. The van der Waals surface area contributed by atoms with Crippen molar-refractivity contribution in [3.8, 4) is 5.75 Å². The fraction of sp³-hybridized carbons (Fsp3) is 0.667.